The van der Waals surface area contributed by atoms with E-state index in [1.165, 1.54) is 0 Å². The summed E-state index contributed by atoms with van der Waals surface area (Å²) in [6.45, 7) is 2.79. The van der Waals surface area contributed by atoms with Crippen LogP contribution in [0.5, 0.6) is 0 Å². The van der Waals surface area contributed by atoms with Crippen molar-refractivity contribution in [1.82, 2.24) is 10.3 Å². The monoisotopic (exact) mass is 347 g/mol. The van der Waals surface area contributed by atoms with Crippen LogP contribution in [-0.4, -0.2) is 24.5 Å². The van der Waals surface area contributed by atoms with E-state index in [0.717, 1.165) is 28.6 Å². The van der Waals surface area contributed by atoms with Crippen molar-refractivity contribution in [2.45, 2.75) is 13.3 Å². The lowest BCUT2D eigenvalue weighted by Crippen LogP contribution is -2.17. The van der Waals surface area contributed by atoms with Crippen molar-refractivity contribution < 1.29 is 4.79 Å². The predicted molar refractivity (Wildman–Crippen MR) is 88.7 cm³/mol. The molecule has 0 aliphatic carbocycles. The zero-order valence-electron chi connectivity index (χ0n) is 12.1. The maximum absolute atomic E-state index is 12.4. The Bertz CT molecular complexity index is 643. The summed E-state index contributed by atoms with van der Waals surface area (Å²) in [5, 5.41) is 5.95. The lowest BCUT2D eigenvalue weighted by atomic mass is 10.0. The fourth-order valence-electron chi connectivity index (χ4n) is 2.01. The number of likely N-dealkylation sites (N-methyl/N-ethyl adjacent to an activating group) is 1. The lowest BCUT2D eigenvalue weighted by molar-refractivity contribution is 0.102. The molecule has 0 aliphatic rings. The summed E-state index contributed by atoms with van der Waals surface area (Å²) in [6, 6.07) is 9.48. The summed E-state index contributed by atoms with van der Waals surface area (Å²) >= 11 is 3.40. The number of carbonyl (C=O) groups is 1. The number of aromatic nitrogens is 1. The van der Waals surface area contributed by atoms with Crippen molar-refractivity contribution in [2.24, 2.45) is 0 Å². The summed E-state index contributed by atoms with van der Waals surface area (Å²) in [7, 11) is 1.90. The summed E-state index contributed by atoms with van der Waals surface area (Å²) in [5.41, 5.74) is 2.75. The number of carbonyl (C=O) groups excluding carboxylic acids is 1. The number of pyridine rings is 1. The number of rotatable bonds is 5. The van der Waals surface area contributed by atoms with Gasteiger partial charge >= 0.3 is 0 Å². The molecule has 1 aromatic carbocycles. The van der Waals surface area contributed by atoms with E-state index in [9.17, 15) is 4.79 Å². The highest BCUT2D eigenvalue weighted by molar-refractivity contribution is 9.10. The van der Waals surface area contributed by atoms with Crippen LogP contribution in [0.3, 0.4) is 0 Å². The Balaban J connectivity index is 2.18. The van der Waals surface area contributed by atoms with Gasteiger partial charge in [-0.2, -0.15) is 0 Å². The minimum Gasteiger partial charge on any atom is -0.319 e. The van der Waals surface area contributed by atoms with Gasteiger partial charge in [0.2, 0.25) is 0 Å². The highest BCUT2D eigenvalue weighted by atomic mass is 79.9. The molecule has 0 saturated carbocycles. The molecule has 4 nitrogen and oxygen atoms in total. The molecule has 5 heteroatoms. The molecule has 2 N–H and O–H groups in total. The average molecular weight is 348 g/mol. The molecular weight excluding hydrogens is 330 g/mol. The second kappa shape index (κ2) is 7.33. The van der Waals surface area contributed by atoms with Crippen LogP contribution in [0.2, 0.25) is 0 Å². The van der Waals surface area contributed by atoms with Gasteiger partial charge in [-0.05, 0) is 66.1 Å². The van der Waals surface area contributed by atoms with Gasteiger partial charge in [0.25, 0.3) is 5.91 Å². The number of amides is 1. The van der Waals surface area contributed by atoms with Gasteiger partial charge in [-0.15, -0.1) is 0 Å². The first-order chi connectivity index (χ1) is 10.1. The fourth-order valence-corrected chi connectivity index (χ4v) is 2.23. The molecule has 110 valence electrons. The van der Waals surface area contributed by atoms with Crippen LogP contribution in [0.25, 0.3) is 0 Å². The molecule has 1 aromatic heterocycles. The largest absolute Gasteiger partial charge is 0.319 e. The first-order valence-corrected chi connectivity index (χ1v) is 7.57. The predicted octanol–water partition coefficient (Wildman–Crippen LogP) is 3.17. The van der Waals surface area contributed by atoms with Gasteiger partial charge in [0.05, 0.1) is 0 Å². The Hall–Kier alpha value is -1.72. The number of aryl methyl sites for hydroxylation is 1. The molecule has 0 aliphatic heterocycles. The van der Waals surface area contributed by atoms with Crippen LogP contribution in [0.15, 0.2) is 41.0 Å². The molecule has 1 amide bonds. The van der Waals surface area contributed by atoms with E-state index in [0.29, 0.717) is 11.4 Å². The molecule has 0 unspecified atom stereocenters. The number of anilines is 1. The molecule has 1 heterocycles. The Morgan fingerprint density at radius 1 is 1.33 bits per heavy atom. The molecule has 21 heavy (non-hydrogen) atoms. The van der Waals surface area contributed by atoms with Gasteiger partial charge in [-0.25, -0.2) is 4.98 Å². The van der Waals surface area contributed by atoms with Crippen LogP contribution in [0, 0.1) is 6.92 Å². The minimum atomic E-state index is -0.129. The van der Waals surface area contributed by atoms with E-state index in [-0.39, 0.29) is 5.91 Å². The third-order valence-electron chi connectivity index (χ3n) is 3.19. The number of nitrogens with zero attached hydrogens (tertiary/aromatic N) is 1. The van der Waals surface area contributed by atoms with Gasteiger partial charge in [-0.1, -0.05) is 18.2 Å². The molecule has 0 atom stereocenters. The van der Waals surface area contributed by atoms with Crippen molar-refractivity contribution in [3.63, 3.8) is 0 Å². The molecular formula is C16H18BrN3O. The number of benzene rings is 1. The standard InChI is InChI=1S/C16H18BrN3O/c1-11-9-15(19-10-14(11)17)20-16(21)13-6-4-3-5-12(13)7-8-18-2/h3-6,9-10,18H,7-8H2,1-2H3,(H,19,20,21). The topological polar surface area (TPSA) is 54.0 Å². The van der Waals surface area contributed by atoms with Crippen molar-refractivity contribution in [2.75, 3.05) is 18.9 Å². The normalized spacial score (nSPS) is 10.4. The zero-order chi connectivity index (χ0) is 15.2. The fraction of sp³-hybridized carbons (Fsp3) is 0.250. The zero-order valence-corrected chi connectivity index (χ0v) is 13.7. The quantitative estimate of drug-likeness (QED) is 0.873. The third-order valence-corrected chi connectivity index (χ3v) is 4.03. The van der Waals surface area contributed by atoms with Crippen molar-refractivity contribution in [3.8, 4) is 0 Å². The highest BCUT2D eigenvalue weighted by Gasteiger charge is 2.11. The molecule has 2 aromatic rings. The third kappa shape index (κ3) is 4.12. The minimum absolute atomic E-state index is 0.129. The molecule has 0 spiro atoms. The van der Waals surface area contributed by atoms with Gasteiger partial charge < -0.3 is 10.6 Å². The van der Waals surface area contributed by atoms with E-state index in [2.05, 4.69) is 31.5 Å². The van der Waals surface area contributed by atoms with E-state index in [4.69, 9.17) is 0 Å². The highest BCUT2D eigenvalue weighted by Crippen LogP contribution is 2.18. The smallest absolute Gasteiger partial charge is 0.257 e. The van der Waals surface area contributed by atoms with Crippen LogP contribution >= 0.6 is 15.9 Å². The molecule has 0 saturated heterocycles. The molecule has 0 radical (unpaired) electrons. The van der Waals surface area contributed by atoms with Crippen molar-refractivity contribution >= 4 is 27.7 Å². The summed E-state index contributed by atoms with van der Waals surface area (Å²) in [6.07, 6.45) is 2.50. The van der Waals surface area contributed by atoms with Crippen molar-refractivity contribution in [3.05, 3.63) is 57.7 Å². The Kier molecular flexibility index (Phi) is 5.47. The Morgan fingerprint density at radius 2 is 2.10 bits per heavy atom. The maximum Gasteiger partial charge on any atom is 0.257 e. The molecule has 2 rings (SSSR count). The summed E-state index contributed by atoms with van der Waals surface area (Å²) in [5.74, 6) is 0.431. The van der Waals surface area contributed by atoms with E-state index >= 15 is 0 Å². The van der Waals surface area contributed by atoms with Crippen LogP contribution < -0.4 is 10.6 Å². The SMILES string of the molecule is CNCCc1ccccc1C(=O)Nc1cc(C)c(Br)cn1. The first-order valence-electron chi connectivity index (χ1n) is 6.78. The Morgan fingerprint density at radius 3 is 2.81 bits per heavy atom. The molecule has 0 fully saturated rings. The summed E-state index contributed by atoms with van der Waals surface area (Å²) in [4.78, 5) is 16.6. The number of halogens is 1. The van der Waals surface area contributed by atoms with Gasteiger partial charge in [-0.3, -0.25) is 4.79 Å². The van der Waals surface area contributed by atoms with Crippen LogP contribution in [0.1, 0.15) is 21.5 Å². The van der Waals surface area contributed by atoms with Crippen molar-refractivity contribution in [1.29, 1.82) is 0 Å². The molecule has 0 bridgehead atoms. The first kappa shape index (κ1) is 15.7. The van der Waals surface area contributed by atoms with Gasteiger partial charge in [0.1, 0.15) is 5.82 Å². The lowest BCUT2D eigenvalue weighted by Gasteiger charge is -2.10. The Labute approximate surface area is 133 Å². The second-order valence-electron chi connectivity index (χ2n) is 4.78. The maximum atomic E-state index is 12.4. The van der Waals surface area contributed by atoms with Gasteiger partial charge in [0.15, 0.2) is 0 Å². The van der Waals surface area contributed by atoms with Crippen LogP contribution in [-0.2, 0) is 6.42 Å². The summed E-state index contributed by atoms with van der Waals surface area (Å²) < 4.78 is 0.926. The van der Waals surface area contributed by atoms with Gasteiger partial charge in [0, 0.05) is 16.2 Å². The average Bonchev–Trinajstić information content (AvgIpc) is 2.49. The number of hydrogen-bond acceptors (Lipinski definition) is 3. The van der Waals surface area contributed by atoms with E-state index in [1.54, 1.807) is 6.20 Å². The van der Waals surface area contributed by atoms with E-state index in [1.807, 2.05) is 44.3 Å². The van der Waals surface area contributed by atoms with Crippen LogP contribution in [0.4, 0.5) is 5.82 Å². The number of hydrogen-bond donors (Lipinski definition) is 2. The number of nitrogens with one attached hydrogen (secondary N) is 2. The van der Waals surface area contributed by atoms with E-state index < -0.39 is 0 Å². The second-order valence-corrected chi connectivity index (χ2v) is 5.64.